The van der Waals surface area contributed by atoms with E-state index in [1.807, 2.05) is 0 Å². The predicted molar refractivity (Wildman–Crippen MR) is 29.9 cm³/mol. The van der Waals surface area contributed by atoms with Gasteiger partial charge in [0.15, 0.2) is 0 Å². The summed E-state index contributed by atoms with van der Waals surface area (Å²) < 4.78 is 0. The summed E-state index contributed by atoms with van der Waals surface area (Å²) >= 11 is 0. The molecule has 0 atom stereocenters. The minimum absolute atomic E-state index is 0.635. The standard InChI is InChI=1S/C6H11N/c1-2-7-5-6-3-4-6/h1,6-7H,2-5H2. The summed E-state index contributed by atoms with van der Waals surface area (Å²) in [5.41, 5.74) is 0. The molecule has 0 aromatic carbocycles. The van der Waals surface area contributed by atoms with Crippen molar-refractivity contribution in [1.82, 2.24) is 5.32 Å². The van der Waals surface area contributed by atoms with Crippen LogP contribution in [0.15, 0.2) is 0 Å². The number of nitrogens with one attached hydrogen (secondary N) is 1. The van der Waals surface area contributed by atoms with E-state index in [2.05, 4.69) is 5.32 Å². The number of rotatable bonds is 3. The molecule has 1 aliphatic carbocycles. The fourth-order valence-electron chi connectivity index (χ4n) is 0.609. The van der Waals surface area contributed by atoms with Crippen molar-refractivity contribution in [3.8, 4) is 0 Å². The van der Waals surface area contributed by atoms with E-state index in [0.717, 1.165) is 12.5 Å². The van der Waals surface area contributed by atoms with Crippen molar-refractivity contribution < 1.29 is 0 Å². The molecule has 40 valence electrons. The molecule has 1 saturated carbocycles. The summed E-state index contributed by atoms with van der Waals surface area (Å²) in [6.45, 7) is 6.96. The fraction of sp³-hybridized carbons (Fsp3) is 0.833. The summed E-state index contributed by atoms with van der Waals surface area (Å²) in [7, 11) is 0. The van der Waals surface area contributed by atoms with Gasteiger partial charge >= 0.3 is 0 Å². The quantitative estimate of drug-likeness (QED) is 0.546. The van der Waals surface area contributed by atoms with Gasteiger partial charge in [-0.3, -0.25) is 0 Å². The van der Waals surface area contributed by atoms with Gasteiger partial charge in [0, 0.05) is 0 Å². The second-order valence-corrected chi connectivity index (χ2v) is 2.10. The van der Waals surface area contributed by atoms with E-state index in [0.29, 0.717) is 6.54 Å². The van der Waals surface area contributed by atoms with E-state index in [4.69, 9.17) is 6.92 Å². The highest BCUT2D eigenvalue weighted by molar-refractivity contribution is 4.74. The van der Waals surface area contributed by atoms with Gasteiger partial charge in [0.05, 0.1) is 0 Å². The summed E-state index contributed by atoms with van der Waals surface area (Å²) in [6, 6.07) is 0. The Hall–Kier alpha value is -0.0400. The van der Waals surface area contributed by atoms with Crippen LogP contribution in [0, 0.1) is 12.8 Å². The van der Waals surface area contributed by atoms with Gasteiger partial charge in [-0.25, -0.2) is 0 Å². The molecule has 1 N–H and O–H groups in total. The lowest BCUT2D eigenvalue weighted by atomic mass is 10.4. The molecule has 7 heavy (non-hydrogen) atoms. The molecule has 1 rings (SSSR count). The van der Waals surface area contributed by atoms with Gasteiger partial charge < -0.3 is 5.32 Å². The molecule has 0 bridgehead atoms. The Kier molecular flexibility index (Phi) is 1.69. The Bertz CT molecular complexity index is 48.1. The maximum absolute atomic E-state index is 5.19. The molecule has 0 aliphatic heterocycles. The normalized spacial score (nSPS) is 20.1. The third kappa shape index (κ3) is 1.93. The van der Waals surface area contributed by atoms with Crippen molar-refractivity contribution in [2.24, 2.45) is 5.92 Å². The zero-order chi connectivity index (χ0) is 5.11. The first-order chi connectivity index (χ1) is 3.43. The molecule has 1 nitrogen and oxygen atoms in total. The molecular weight excluding hydrogens is 86.1 g/mol. The van der Waals surface area contributed by atoms with Gasteiger partial charge in [-0.1, -0.05) is 0 Å². The summed E-state index contributed by atoms with van der Waals surface area (Å²) in [4.78, 5) is 0. The molecule has 0 aromatic heterocycles. The molecule has 1 fully saturated rings. The van der Waals surface area contributed by atoms with Gasteiger partial charge in [0.25, 0.3) is 0 Å². The van der Waals surface area contributed by atoms with Crippen molar-refractivity contribution in [1.29, 1.82) is 0 Å². The van der Waals surface area contributed by atoms with Crippen molar-refractivity contribution in [2.75, 3.05) is 13.1 Å². The Morgan fingerprint density at radius 2 is 2.29 bits per heavy atom. The summed E-state index contributed by atoms with van der Waals surface area (Å²) in [5, 5.41) is 3.09. The van der Waals surface area contributed by atoms with Gasteiger partial charge in [-0.05, 0) is 38.8 Å². The van der Waals surface area contributed by atoms with E-state index in [1.54, 1.807) is 0 Å². The number of hydrogen-bond acceptors (Lipinski definition) is 1. The zero-order valence-electron chi connectivity index (χ0n) is 4.48. The van der Waals surface area contributed by atoms with Crippen LogP contribution in [-0.2, 0) is 0 Å². The van der Waals surface area contributed by atoms with Crippen LogP contribution in [0.5, 0.6) is 0 Å². The Morgan fingerprint density at radius 1 is 1.57 bits per heavy atom. The Balaban J connectivity index is 1.80. The largest absolute Gasteiger partial charge is 0.316 e. The molecule has 0 saturated heterocycles. The third-order valence-electron chi connectivity index (χ3n) is 1.27. The smallest absolute Gasteiger partial charge is 0.00139 e. The maximum Gasteiger partial charge on any atom is -0.00139 e. The molecular formula is C6H11N. The average Bonchev–Trinajstić information content (AvgIpc) is 2.42. The fourth-order valence-corrected chi connectivity index (χ4v) is 0.609. The molecule has 0 spiro atoms. The lowest BCUT2D eigenvalue weighted by molar-refractivity contribution is 0.682. The summed E-state index contributed by atoms with van der Waals surface area (Å²) in [5.74, 6) is 0.962. The van der Waals surface area contributed by atoms with Crippen LogP contribution < -0.4 is 5.32 Å². The third-order valence-corrected chi connectivity index (χ3v) is 1.27. The first-order valence-electron chi connectivity index (χ1n) is 2.84. The van der Waals surface area contributed by atoms with E-state index in [1.165, 1.54) is 12.8 Å². The second kappa shape index (κ2) is 2.31. The van der Waals surface area contributed by atoms with Crippen LogP contribution >= 0.6 is 0 Å². The lowest BCUT2D eigenvalue weighted by Crippen LogP contribution is -2.15. The zero-order valence-corrected chi connectivity index (χ0v) is 4.48. The van der Waals surface area contributed by atoms with Crippen LogP contribution in [0.1, 0.15) is 12.8 Å². The molecule has 2 radical (unpaired) electrons. The minimum Gasteiger partial charge on any atom is -0.316 e. The SMILES string of the molecule is [CH]CNCC1CC1. The van der Waals surface area contributed by atoms with Crippen molar-refractivity contribution >= 4 is 0 Å². The van der Waals surface area contributed by atoms with Gasteiger partial charge in [0.2, 0.25) is 0 Å². The molecule has 1 heteroatoms. The highest BCUT2D eigenvalue weighted by atomic mass is 14.9. The monoisotopic (exact) mass is 97.1 g/mol. The van der Waals surface area contributed by atoms with Crippen LogP contribution in [0.3, 0.4) is 0 Å². The van der Waals surface area contributed by atoms with E-state index in [-0.39, 0.29) is 0 Å². The number of hydrogen-bond donors (Lipinski definition) is 1. The van der Waals surface area contributed by atoms with Gasteiger partial charge in [0.1, 0.15) is 0 Å². The molecule has 0 amide bonds. The minimum atomic E-state index is 0.635. The second-order valence-electron chi connectivity index (χ2n) is 2.10. The van der Waals surface area contributed by atoms with E-state index >= 15 is 0 Å². The Morgan fingerprint density at radius 3 is 2.71 bits per heavy atom. The predicted octanol–water partition coefficient (Wildman–Crippen LogP) is 0.697. The Labute approximate surface area is 45.1 Å². The van der Waals surface area contributed by atoms with E-state index < -0.39 is 0 Å². The van der Waals surface area contributed by atoms with Gasteiger partial charge in [-0.2, -0.15) is 0 Å². The lowest BCUT2D eigenvalue weighted by Gasteiger charge is -1.93. The molecule has 0 unspecified atom stereocenters. The van der Waals surface area contributed by atoms with Crippen LogP contribution in [-0.4, -0.2) is 13.1 Å². The first-order valence-corrected chi connectivity index (χ1v) is 2.84. The highest BCUT2D eigenvalue weighted by Gasteiger charge is 2.19. The molecule has 0 aromatic rings. The summed E-state index contributed by atoms with van der Waals surface area (Å²) in [6.07, 6.45) is 2.82. The maximum atomic E-state index is 5.19. The van der Waals surface area contributed by atoms with Crippen molar-refractivity contribution in [3.05, 3.63) is 6.92 Å². The topological polar surface area (TPSA) is 12.0 Å². The van der Waals surface area contributed by atoms with Crippen LogP contribution in [0.25, 0.3) is 0 Å². The van der Waals surface area contributed by atoms with Crippen molar-refractivity contribution in [2.45, 2.75) is 12.8 Å². The molecule has 0 heterocycles. The average molecular weight is 97.2 g/mol. The van der Waals surface area contributed by atoms with Crippen LogP contribution in [0.4, 0.5) is 0 Å². The van der Waals surface area contributed by atoms with Crippen molar-refractivity contribution in [3.63, 3.8) is 0 Å². The van der Waals surface area contributed by atoms with E-state index in [9.17, 15) is 0 Å². The van der Waals surface area contributed by atoms with Crippen LogP contribution in [0.2, 0.25) is 0 Å². The highest BCUT2D eigenvalue weighted by Crippen LogP contribution is 2.27. The molecule has 1 aliphatic rings. The van der Waals surface area contributed by atoms with Gasteiger partial charge in [-0.15, -0.1) is 0 Å². The first kappa shape index (κ1) is 5.10.